The van der Waals surface area contributed by atoms with Crippen molar-refractivity contribution in [3.63, 3.8) is 0 Å². The Hall–Kier alpha value is -0.410. The molecule has 0 bridgehead atoms. The van der Waals surface area contributed by atoms with E-state index < -0.39 is 0 Å². The summed E-state index contributed by atoms with van der Waals surface area (Å²) in [7, 11) is 0. The summed E-state index contributed by atoms with van der Waals surface area (Å²) in [6.07, 6.45) is 9.22. The van der Waals surface area contributed by atoms with Gasteiger partial charge >= 0.3 is 0 Å². The zero-order valence-electron chi connectivity index (χ0n) is 11.4. The van der Waals surface area contributed by atoms with Gasteiger partial charge in [-0.05, 0) is 51.1 Å². The second-order valence-electron chi connectivity index (χ2n) is 5.84. The van der Waals surface area contributed by atoms with Gasteiger partial charge in [0.25, 0.3) is 0 Å². The summed E-state index contributed by atoms with van der Waals surface area (Å²) in [6.45, 7) is 4.66. The zero-order valence-corrected chi connectivity index (χ0v) is 12.2. The Morgan fingerprint density at radius 2 is 2.11 bits per heavy atom. The lowest BCUT2D eigenvalue weighted by Gasteiger charge is -2.20. The lowest BCUT2D eigenvalue weighted by Crippen LogP contribution is -2.26. The van der Waals surface area contributed by atoms with Crippen LogP contribution in [0.25, 0.3) is 0 Å². The van der Waals surface area contributed by atoms with Crippen molar-refractivity contribution >= 4 is 11.3 Å². The van der Waals surface area contributed by atoms with Gasteiger partial charge in [0.1, 0.15) is 0 Å². The van der Waals surface area contributed by atoms with E-state index in [2.05, 4.69) is 12.2 Å². The summed E-state index contributed by atoms with van der Waals surface area (Å²) < 4.78 is 0. The molecule has 1 aliphatic carbocycles. The third-order valence-corrected chi connectivity index (χ3v) is 5.73. The van der Waals surface area contributed by atoms with Crippen LogP contribution in [-0.4, -0.2) is 18.1 Å². The highest BCUT2D eigenvalue weighted by Crippen LogP contribution is 2.36. The van der Waals surface area contributed by atoms with Crippen molar-refractivity contribution in [3.05, 3.63) is 15.6 Å². The van der Waals surface area contributed by atoms with Crippen LogP contribution in [0.4, 0.5) is 0 Å². The summed E-state index contributed by atoms with van der Waals surface area (Å²) in [5.41, 5.74) is 1.45. The summed E-state index contributed by atoms with van der Waals surface area (Å²) >= 11 is 2.03. The molecule has 1 saturated heterocycles. The van der Waals surface area contributed by atoms with Crippen LogP contribution in [0, 0.1) is 5.92 Å². The third-order valence-electron chi connectivity index (χ3n) is 4.44. The standard InChI is InChI=1S/C15H24N2S/c1-2-3-11-4-5-13-14(10-11)18-15(17-13)12-6-8-16-9-7-12/h11-12,16H,2-10H2,1H3. The maximum atomic E-state index is 4.96. The van der Waals surface area contributed by atoms with Gasteiger partial charge in [-0.25, -0.2) is 4.98 Å². The predicted octanol–water partition coefficient (Wildman–Crippen LogP) is 3.52. The fraction of sp³-hybridized carbons (Fsp3) is 0.800. The zero-order chi connectivity index (χ0) is 12.4. The number of rotatable bonds is 3. The molecule has 3 rings (SSSR count). The molecule has 100 valence electrons. The smallest absolute Gasteiger partial charge is 0.0962 e. The van der Waals surface area contributed by atoms with Gasteiger partial charge in [0, 0.05) is 10.8 Å². The quantitative estimate of drug-likeness (QED) is 0.903. The molecule has 0 aromatic carbocycles. The van der Waals surface area contributed by atoms with Gasteiger partial charge in [-0.1, -0.05) is 19.8 Å². The SMILES string of the molecule is CCCC1CCc2nc(C3CCNCC3)sc2C1. The van der Waals surface area contributed by atoms with Crippen LogP contribution in [0.1, 0.15) is 60.5 Å². The monoisotopic (exact) mass is 264 g/mol. The molecule has 2 aliphatic rings. The molecule has 0 spiro atoms. The van der Waals surface area contributed by atoms with E-state index in [1.54, 1.807) is 4.88 Å². The first-order chi connectivity index (χ1) is 8.86. The van der Waals surface area contributed by atoms with Crippen molar-refractivity contribution in [1.82, 2.24) is 10.3 Å². The van der Waals surface area contributed by atoms with Crippen molar-refractivity contribution in [2.75, 3.05) is 13.1 Å². The van der Waals surface area contributed by atoms with E-state index in [0.29, 0.717) is 0 Å². The molecule has 1 aromatic heterocycles. The summed E-state index contributed by atoms with van der Waals surface area (Å²) in [5, 5.41) is 4.89. The minimum absolute atomic E-state index is 0.742. The fourth-order valence-electron chi connectivity index (χ4n) is 3.36. The second kappa shape index (κ2) is 5.70. The molecule has 1 N–H and O–H groups in total. The minimum Gasteiger partial charge on any atom is -0.317 e. The summed E-state index contributed by atoms with van der Waals surface area (Å²) in [6, 6.07) is 0. The Bertz CT molecular complexity index is 393. The van der Waals surface area contributed by atoms with Crippen molar-refractivity contribution in [2.45, 2.75) is 57.8 Å². The molecule has 2 heterocycles. The molecule has 1 aromatic rings. The Balaban J connectivity index is 1.72. The van der Waals surface area contributed by atoms with Crippen LogP contribution in [0.3, 0.4) is 0 Å². The topological polar surface area (TPSA) is 24.9 Å². The predicted molar refractivity (Wildman–Crippen MR) is 77.4 cm³/mol. The van der Waals surface area contributed by atoms with Crippen LogP contribution in [0.2, 0.25) is 0 Å². The Labute approximate surface area is 114 Å². The third kappa shape index (κ3) is 2.62. The van der Waals surface area contributed by atoms with E-state index in [-0.39, 0.29) is 0 Å². The maximum absolute atomic E-state index is 4.96. The lowest BCUT2D eigenvalue weighted by molar-refractivity contribution is 0.422. The Morgan fingerprint density at radius 1 is 1.28 bits per heavy atom. The largest absolute Gasteiger partial charge is 0.317 e. The molecule has 1 unspecified atom stereocenters. The molecule has 3 heteroatoms. The van der Waals surface area contributed by atoms with Crippen molar-refractivity contribution in [3.8, 4) is 0 Å². The van der Waals surface area contributed by atoms with Crippen molar-refractivity contribution in [2.24, 2.45) is 5.92 Å². The molecular formula is C15H24N2S. The first-order valence-corrected chi connectivity index (χ1v) is 8.37. The maximum Gasteiger partial charge on any atom is 0.0962 e. The molecular weight excluding hydrogens is 240 g/mol. The molecule has 1 aliphatic heterocycles. The summed E-state index contributed by atoms with van der Waals surface area (Å²) in [5.74, 6) is 1.68. The van der Waals surface area contributed by atoms with Crippen LogP contribution in [-0.2, 0) is 12.8 Å². The number of nitrogens with one attached hydrogen (secondary N) is 1. The molecule has 0 saturated carbocycles. The average molecular weight is 264 g/mol. The molecule has 1 atom stereocenters. The normalized spacial score (nSPS) is 25.1. The van der Waals surface area contributed by atoms with E-state index in [1.807, 2.05) is 11.3 Å². The lowest BCUT2D eigenvalue weighted by atomic mass is 9.88. The van der Waals surface area contributed by atoms with Crippen LogP contribution in [0.5, 0.6) is 0 Å². The number of piperidine rings is 1. The molecule has 18 heavy (non-hydrogen) atoms. The van der Waals surface area contributed by atoms with E-state index in [4.69, 9.17) is 4.98 Å². The van der Waals surface area contributed by atoms with Gasteiger partial charge < -0.3 is 5.32 Å². The van der Waals surface area contributed by atoms with Crippen LogP contribution in [0.15, 0.2) is 0 Å². The van der Waals surface area contributed by atoms with Crippen LogP contribution < -0.4 is 5.32 Å². The first-order valence-electron chi connectivity index (χ1n) is 7.56. The molecule has 0 radical (unpaired) electrons. The van der Waals surface area contributed by atoms with E-state index >= 15 is 0 Å². The van der Waals surface area contributed by atoms with Crippen LogP contribution >= 0.6 is 11.3 Å². The minimum atomic E-state index is 0.742. The fourth-order valence-corrected chi connectivity index (χ4v) is 4.76. The average Bonchev–Trinajstić information content (AvgIpc) is 2.83. The van der Waals surface area contributed by atoms with E-state index in [1.165, 1.54) is 68.7 Å². The highest BCUT2D eigenvalue weighted by molar-refractivity contribution is 7.11. The highest BCUT2D eigenvalue weighted by atomic mass is 32.1. The molecule has 2 nitrogen and oxygen atoms in total. The van der Waals surface area contributed by atoms with Gasteiger partial charge in [-0.3, -0.25) is 0 Å². The molecule has 0 amide bonds. The second-order valence-corrected chi connectivity index (χ2v) is 6.96. The highest BCUT2D eigenvalue weighted by Gasteiger charge is 2.25. The number of aromatic nitrogens is 1. The van der Waals surface area contributed by atoms with Gasteiger partial charge in [0.2, 0.25) is 0 Å². The van der Waals surface area contributed by atoms with Crippen molar-refractivity contribution < 1.29 is 0 Å². The van der Waals surface area contributed by atoms with E-state index in [9.17, 15) is 0 Å². The van der Waals surface area contributed by atoms with Gasteiger partial charge in [0.05, 0.1) is 10.7 Å². The number of hydrogen-bond donors (Lipinski definition) is 1. The van der Waals surface area contributed by atoms with Gasteiger partial charge in [-0.15, -0.1) is 11.3 Å². The number of hydrogen-bond acceptors (Lipinski definition) is 3. The number of aryl methyl sites for hydroxylation is 1. The molecule has 1 fully saturated rings. The van der Waals surface area contributed by atoms with Gasteiger partial charge in [-0.2, -0.15) is 0 Å². The number of fused-ring (bicyclic) bond motifs is 1. The Kier molecular flexibility index (Phi) is 4.00. The Morgan fingerprint density at radius 3 is 2.89 bits per heavy atom. The van der Waals surface area contributed by atoms with E-state index in [0.717, 1.165) is 11.8 Å². The van der Waals surface area contributed by atoms with Crippen molar-refractivity contribution in [1.29, 1.82) is 0 Å². The number of thiazole rings is 1. The summed E-state index contributed by atoms with van der Waals surface area (Å²) in [4.78, 5) is 6.58. The van der Waals surface area contributed by atoms with Gasteiger partial charge in [0.15, 0.2) is 0 Å². The first kappa shape index (κ1) is 12.6. The number of nitrogens with zero attached hydrogens (tertiary/aromatic N) is 1.